The van der Waals surface area contributed by atoms with Crippen molar-refractivity contribution in [2.45, 2.75) is 82.7 Å². The van der Waals surface area contributed by atoms with Crippen LogP contribution in [0.15, 0.2) is 22.8 Å². The molecule has 228 valence electrons. The molecule has 2 aliphatic carbocycles. The fourth-order valence-electron chi connectivity index (χ4n) is 4.96. The van der Waals surface area contributed by atoms with Gasteiger partial charge in [-0.3, -0.25) is 9.59 Å². The number of imidazole rings is 1. The highest BCUT2D eigenvalue weighted by molar-refractivity contribution is 5.93. The molecule has 1 aromatic carbocycles. The number of halogens is 5. The van der Waals surface area contributed by atoms with Crippen molar-refractivity contribution in [2.24, 2.45) is 11.8 Å². The van der Waals surface area contributed by atoms with Gasteiger partial charge in [-0.05, 0) is 68.3 Å². The highest BCUT2D eigenvalue weighted by Crippen LogP contribution is 2.45. The second-order valence-corrected chi connectivity index (χ2v) is 11.7. The van der Waals surface area contributed by atoms with Crippen molar-refractivity contribution < 1.29 is 40.9 Å². The maximum absolute atomic E-state index is 13.5. The molecule has 2 fully saturated rings. The van der Waals surface area contributed by atoms with E-state index in [1.54, 1.807) is 18.2 Å². The number of benzene rings is 1. The Labute approximate surface area is 237 Å². The van der Waals surface area contributed by atoms with Gasteiger partial charge in [-0.1, -0.05) is 11.2 Å². The number of carbonyl (C=O) groups is 2. The molecule has 42 heavy (non-hydrogen) atoms. The van der Waals surface area contributed by atoms with Crippen LogP contribution >= 0.6 is 0 Å². The van der Waals surface area contributed by atoms with E-state index in [1.807, 2.05) is 0 Å². The minimum atomic E-state index is -4.67. The molecular weight excluding hydrogens is 567 g/mol. The van der Waals surface area contributed by atoms with Crippen molar-refractivity contribution in [1.29, 1.82) is 0 Å². The van der Waals surface area contributed by atoms with Crippen LogP contribution in [-0.4, -0.2) is 56.4 Å². The molecule has 0 spiro atoms. The van der Waals surface area contributed by atoms with Crippen molar-refractivity contribution >= 4 is 22.8 Å². The standard InChI is InChI=1S/C27H31F5N6O4/c1-13-21(38-42-37-13)24(40)35-19(12-41-25(2,3)27(30,31)32)23-33-17-7-6-16(9-18(17)34-23)22(15-4-5-15)36-20(39)8-14-10-26(28,29)11-14/h6-7,9,14-15,19,22H,4-5,8,10-12H2,1-3H3,(H,33,34)(H,35,40)(H,36,39)/t19-,22+/m0/s1. The zero-order valence-corrected chi connectivity index (χ0v) is 23.1. The van der Waals surface area contributed by atoms with E-state index in [-0.39, 0.29) is 60.3 Å². The van der Waals surface area contributed by atoms with Crippen molar-refractivity contribution in [1.82, 2.24) is 30.9 Å². The molecule has 3 aromatic rings. The molecular formula is C27H31F5N6O4. The van der Waals surface area contributed by atoms with E-state index in [0.29, 0.717) is 11.0 Å². The van der Waals surface area contributed by atoms with Gasteiger partial charge in [-0.25, -0.2) is 18.4 Å². The highest BCUT2D eigenvalue weighted by Gasteiger charge is 2.49. The first-order valence-corrected chi connectivity index (χ1v) is 13.6. The van der Waals surface area contributed by atoms with Gasteiger partial charge in [0.2, 0.25) is 11.8 Å². The van der Waals surface area contributed by atoms with Crippen LogP contribution in [0.1, 0.15) is 85.6 Å². The van der Waals surface area contributed by atoms with Gasteiger partial charge in [-0.15, -0.1) is 0 Å². The summed E-state index contributed by atoms with van der Waals surface area (Å²) < 4.78 is 76.6. The minimum absolute atomic E-state index is 0.0332. The van der Waals surface area contributed by atoms with Crippen LogP contribution in [0.2, 0.25) is 0 Å². The number of ether oxygens (including phenoxy) is 1. The summed E-state index contributed by atoms with van der Waals surface area (Å²) in [4.78, 5) is 33.0. The summed E-state index contributed by atoms with van der Waals surface area (Å²) in [5.41, 5.74) is -0.689. The number of rotatable bonds is 11. The predicted octanol–water partition coefficient (Wildman–Crippen LogP) is 5.09. The molecule has 0 bridgehead atoms. The summed E-state index contributed by atoms with van der Waals surface area (Å²) >= 11 is 0. The van der Waals surface area contributed by atoms with Gasteiger partial charge in [0.15, 0.2) is 11.3 Å². The normalized spacial score (nSPS) is 18.9. The molecule has 2 aromatic heterocycles. The predicted molar refractivity (Wildman–Crippen MR) is 137 cm³/mol. The lowest BCUT2D eigenvalue weighted by Gasteiger charge is -2.34. The van der Waals surface area contributed by atoms with Gasteiger partial charge in [-0.2, -0.15) is 13.2 Å². The summed E-state index contributed by atoms with van der Waals surface area (Å²) in [7, 11) is 0. The van der Waals surface area contributed by atoms with Crippen LogP contribution in [-0.2, 0) is 9.53 Å². The lowest BCUT2D eigenvalue weighted by atomic mass is 9.79. The molecule has 15 heteroatoms. The Morgan fingerprint density at radius 3 is 2.48 bits per heavy atom. The number of hydrogen-bond acceptors (Lipinski definition) is 7. The minimum Gasteiger partial charge on any atom is -0.364 e. The lowest BCUT2D eigenvalue weighted by molar-refractivity contribution is -0.265. The molecule has 3 N–H and O–H groups in total. The number of nitrogens with zero attached hydrogens (tertiary/aromatic N) is 3. The van der Waals surface area contributed by atoms with Crippen LogP contribution in [0.25, 0.3) is 11.0 Å². The molecule has 5 rings (SSSR count). The Kier molecular flexibility index (Phi) is 7.75. The zero-order valence-electron chi connectivity index (χ0n) is 23.1. The number of fused-ring (bicyclic) bond motifs is 1. The number of aromatic nitrogens is 4. The van der Waals surface area contributed by atoms with E-state index >= 15 is 0 Å². The average molecular weight is 599 g/mol. The Balaban J connectivity index is 1.36. The van der Waals surface area contributed by atoms with Gasteiger partial charge >= 0.3 is 6.18 Å². The largest absolute Gasteiger partial charge is 0.416 e. The quantitative estimate of drug-likeness (QED) is 0.262. The maximum atomic E-state index is 13.5. The third-order valence-electron chi connectivity index (χ3n) is 7.74. The third-order valence-corrected chi connectivity index (χ3v) is 7.74. The molecule has 0 unspecified atom stereocenters. The van der Waals surface area contributed by atoms with E-state index in [9.17, 15) is 31.5 Å². The van der Waals surface area contributed by atoms with E-state index < -0.39 is 36.3 Å². The summed E-state index contributed by atoms with van der Waals surface area (Å²) in [5.74, 6) is -3.73. The first-order valence-electron chi connectivity index (χ1n) is 13.6. The summed E-state index contributed by atoms with van der Waals surface area (Å²) in [6.45, 7) is 2.68. The van der Waals surface area contributed by atoms with Crippen molar-refractivity contribution in [3.8, 4) is 0 Å². The number of alkyl halides is 5. The van der Waals surface area contributed by atoms with Gasteiger partial charge in [0.05, 0.1) is 23.7 Å². The number of aryl methyl sites for hydroxylation is 1. The van der Waals surface area contributed by atoms with Gasteiger partial charge < -0.3 is 20.4 Å². The first-order chi connectivity index (χ1) is 19.6. The zero-order chi connectivity index (χ0) is 30.4. The topological polar surface area (TPSA) is 135 Å². The second-order valence-electron chi connectivity index (χ2n) is 11.7. The number of nitrogens with one attached hydrogen (secondary N) is 3. The van der Waals surface area contributed by atoms with Crippen LogP contribution in [0.5, 0.6) is 0 Å². The monoisotopic (exact) mass is 598 g/mol. The van der Waals surface area contributed by atoms with Crippen LogP contribution in [0, 0.1) is 18.8 Å². The molecule has 2 atom stereocenters. The molecule has 2 amide bonds. The number of amides is 2. The molecule has 10 nitrogen and oxygen atoms in total. The lowest BCUT2D eigenvalue weighted by Crippen LogP contribution is -2.44. The first kappa shape index (κ1) is 29.9. The Morgan fingerprint density at radius 1 is 1.17 bits per heavy atom. The fourth-order valence-corrected chi connectivity index (χ4v) is 4.96. The SMILES string of the molecule is Cc1nonc1C(=O)N[C@@H](COC(C)(C)C(F)(F)F)c1nc2ccc([C@H](NC(=O)CC3CC(F)(F)C3)C3CC3)cc2[nH]1. The van der Waals surface area contributed by atoms with Crippen LogP contribution < -0.4 is 10.6 Å². The number of hydrogen-bond donors (Lipinski definition) is 3. The maximum Gasteiger partial charge on any atom is 0.416 e. The number of H-pyrrole nitrogens is 1. The number of carbonyl (C=O) groups excluding carboxylic acids is 2. The van der Waals surface area contributed by atoms with Crippen molar-refractivity contribution in [3.63, 3.8) is 0 Å². The van der Waals surface area contributed by atoms with E-state index in [1.165, 1.54) is 6.92 Å². The Bertz CT molecular complexity index is 1460. The van der Waals surface area contributed by atoms with E-state index in [2.05, 4.69) is 35.5 Å². The van der Waals surface area contributed by atoms with Gasteiger partial charge in [0.1, 0.15) is 17.6 Å². The summed E-state index contributed by atoms with van der Waals surface area (Å²) in [6, 6.07) is 3.80. The second kappa shape index (κ2) is 10.9. The summed E-state index contributed by atoms with van der Waals surface area (Å²) in [5, 5.41) is 12.7. The van der Waals surface area contributed by atoms with Crippen molar-refractivity contribution in [2.75, 3.05) is 6.61 Å². The molecule has 2 saturated carbocycles. The van der Waals surface area contributed by atoms with Crippen molar-refractivity contribution in [3.05, 3.63) is 41.0 Å². The van der Waals surface area contributed by atoms with E-state index in [0.717, 1.165) is 32.3 Å². The molecule has 0 aliphatic heterocycles. The van der Waals surface area contributed by atoms with Gasteiger partial charge in [0, 0.05) is 19.3 Å². The number of aromatic amines is 1. The smallest absolute Gasteiger partial charge is 0.364 e. The molecule has 2 heterocycles. The van der Waals surface area contributed by atoms with Crippen LogP contribution in [0.3, 0.4) is 0 Å². The van der Waals surface area contributed by atoms with Gasteiger partial charge in [0.25, 0.3) is 5.91 Å². The Morgan fingerprint density at radius 2 is 1.88 bits per heavy atom. The molecule has 2 aliphatic rings. The summed E-state index contributed by atoms with van der Waals surface area (Å²) in [6.07, 6.45) is -3.41. The average Bonchev–Trinajstić information content (AvgIpc) is 3.48. The van der Waals surface area contributed by atoms with E-state index in [4.69, 9.17) is 4.74 Å². The molecule has 0 saturated heterocycles. The Hall–Kier alpha value is -3.62. The molecule has 0 radical (unpaired) electrons. The fraction of sp³-hybridized carbons (Fsp3) is 0.593. The third kappa shape index (κ3) is 6.55. The highest BCUT2D eigenvalue weighted by atomic mass is 19.4. The van der Waals surface area contributed by atoms with Crippen LogP contribution in [0.4, 0.5) is 22.0 Å².